The average Bonchev–Trinajstić information content (AvgIpc) is 3.27. The molecule has 0 aliphatic heterocycles. The minimum Gasteiger partial charge on any atom is -0.494 e. The van der Waals surface area contributed by atoms with Gasteiger partial charge < -0.3 is 28.4 Å². The summed E-state index contributed by atoms with van der Waals surface area (Å²) >= 11 is 0. The van der Waals surface area contributed by atoms with E-state index < -0.39 is 29.8 Å². The molecule has 1 atom stereocenters. The Morgan fingerprint density at radius 3 is 1.08 bits per heavy atom. The van der Waals surface area contributed by atoms with Gasteiger partial charge in [0.15, 0.2) is 0 Å². The van der Waals surface area contributed by atoms with Crippen molar-refractivity contribution in [2.24, 2.45) is 5.92 Å². The van der Waals surface area contributed by atoms with Gasteiger partial charge in [-0.1, -0.05) is 111 Å². The molecular formula is C51H64O10. The molecule has 1 unspecified atom stereocenters. The van der Waals surface area contributed by atoms with Gasteiger partial charge in [-0.25, -0.2) is 9.59 Å². The van der Waals surface area contributed by atoms with Crippen molar-refractivity contribution in [3.8, 4) is 34.5 Å². The fourth-order valence-electron chi connectivity index (χ4n) is 6.43. The molecular weight excluding hydrogens is 773 g/mol. The molecule has 4 aromatic rings. The fourth-order valence-corrected chi connectivity index (χ4v) is 6.43. The number of hydrogen-bond donors (Lipinski definition) is 0. The van der Waals surface area contributed by atoms with Crippen LogP contribution in [0.4, 0.5) is 0 Å². The maximum atomic E-state index is 12.7. The highest BCUT2D eigenvalue weighted by molar-refractivity contribution is 5.92. The van der Waals surface area contributed by atoms with Crippen molar-refractivity contribution in [2.75, 3.05) is 13.2 Å². The van der Waals surface area contributed by atoms with Gasteiger partial charge in [-0.15, -0.1) is 0 Å². The SMILES string of the molecule is CCCCCCCCCCOc1ccc(C(=O)Oc2ccc(OC(=O)CC(C)C(=O)Oc3ccc(OC(=O)c4ccc(OCCCCCCCCCC)cc4)cc3)cc2)cc1. The van der Waals surface area contributed by atoms with Crippen LogP contribution >= 0.6 is 0 Å². The van der Waals surface area contributed by atoms with Crippen molar-refractivity contribution < 1.29 is 47.6 Å². The second-order valence-electron chi connectivity index (χ2n) is 15.4. The van der Waals surface area contributed by atoms with Crippen LogP contribution in [0.1, 0.15) is 151 Å². The summed E-state index contributed by atoms with van der Waals surface area (Å²) in [5, 5.41) is 0. The van der Waals surface area contributed by atoms with Crippen molar-refractivity contribution in [3.63, 3.8) is 0 Å². The molecule has 10 heteroatoms. The largest absolute Gasteiger partial charge is 0.494 e. The van der Waals surface area contributed by atoms with Crippen LogP contribution in [0, 0.1) is 5.92 Å². The molecule has 0 amide bonds. The highest BCUT2D eigenvalue weighted by Crippen LogP contribution is 2.24. The van der Waals surface area contributed by atoms with E-state index in [4.69, 9.17) is 28.4 Å². The van der Waals surface area contributed by atoms with E-state index in [0.29, 0.717) is 35.8 Å². The minimum absolute atomic E-state index is 0.228. The van der Waals surface area contributed by atoms with E-state index in [0.717, 1.165) is 25.7 Å². The number of benzene rings is 4. The first-order valence-corrected chi connectivity index (χ1v) is 22.3. The molecule has 0 fully saturated rings. The van der Waals surface area contributed by atoms with E-state index in [1.54, 1.807) is 55.5 Å². The van der Waals surface area contributed by atoms with E-state index >= 15 is 0 Å². The molecule has 0 saturated carbocycles. The Bertz CT molecular complexity index is 1870. The molecule has 4 rings (SSSR count). The molecule has 0 N–H and O–H groups in total. The van der Waals surface area contributed by atoms with Gasteiger partial charge in [-0.2, -0.15) is 0 Å². The Morgan fingerprint density at radius 2 is 0.705 bits per heavy atom. The summed E-state index contributed by atoms with van der Waals surface area (Å²) in [4.78, 5) is 50.8. The number of hydrogen-bond acceptors (Lipinski definition) is 10. The molecule has 0 aliphatic carbocycles. The van der Waals surface area contributed by atoms with Crippen molar-refractivity contribution >= 4 is 23.9 Å². The van der Waals surface area contributed by atoms with Crippen LogP contribution in [0.15, 0.2) is 97.1 Å². The van der Waals surface area contributed by atoms with Gasteiger partial charge >= 0.3 is 23.9 Å². The zero-order valence-electron chi connectivity index (χ0n) is 36.3. The average molecular weight is 837 g/mol. The number of rotatable bonds is 29. The van der Waals surface area contributed by atoms with E-state index in [9.17, 15) is 19.2 Å². The van der Waals surface area contributed by atoms with Crippen LogP contribution in [-0.2, 0) is 9.59 Å². The van der Waals surface area contributed by atoms with E-state index in [2.05, 4.69) is 13.8 Å². The summed E-state index contributed by atoms with van der Waals surface area (Å²) in [6.45, 7) is 7.30. The van der Waals surface area contributed by atoms with Gasteiger partial charge in [0, 0.05) is 0 Å². The lowest BCUT2D eigenvalue weighted by Crippen LogP contribution is -2.23. The summed E-state index contributed by atoms with van der Waals surface area (Å²) in [6, 6.07) is 25.8. The topological polar surface area (TPSA) is 124 Å². The Hall–Kier alpha value is -5.64. The van der Waals surface area contributed by atoms with Gasteiger partial charge in [0.2, 0.25) is 0 Å². The number of ether oxygens (including phenoxy) is 6. The van der Waals surface area contributed by atoms with Gasteiger partial charge in [0.25, 0.3) is 0 Å². The van der Waals surface area contributed by atoms with Crippen LogP contribution in [0.2, 0.25) is 0 Å². The third kappa shape index (κ3) is 19.1. The quantitative estimate of drug-likeness (QED) is 0.0296. The molecule has 0 aromatic heterocycles. The van der Waals surface area contributed by atoms with Crippen molar-refractivity contribution in [2.45, 2.75) is 130 Å². The predicted octanol–water partition coefficient (Wildman–Crippen LogP) is 12.7. The summed E-state index contributed by atoms with van der Waals surface area (Å²) in [7, 11) is 0. The van der Waals surface area contributed by atoms with Crippen LogP contribution in [0.5, 0.6) is 34.5 Å². The van der Waals surface area contributed by atoms with Crippen molar-refractivity contribution in [3.05, 3.63) is 108 Å². The molecule has 0 spiro atoms. The first-order valence-electron chi connectivity index (χ1n) is 22.3. The Labute approximate surface area is 362 Å². The first-order chi connectivity index (χ1) is 29.7. The van der Waals surface area contributed by atoms with Gasteiger partial charge in [0.1, 0.15) is 34.5 Å². The maximum Gasteiger partial charge on any atom is 0.343 e. The van der Waals surface area contributed by atoms with Gasteiger partial charge in [-0.3, -0.25) is 9.59 Å². The van der Waals surface area contributed by atoms with Crippen LogP contribution in [-0.4, -0.2) is 37.1 Å². The van der Waals surface area contributed by atoms with Crippen molar-refractivity contribution in [1.29, 1.82) is 0 Å². The standard InChI is InChI=1S/C51H64O10/c1-4-6-8-10-12-14-16-18-36-56-42-24-20-40(21-25-42)50(54)60-46-30-28-44(29-31-46)58-48(52)38-39(3)49(53)59-45-32-34-47(35-33-45)61-51(55)41-22-26-43(27-23-41)57-37-19-17-15-13-11-9-7-5-2/h20-35,39H,4-19,36-38H2,1-3H3. The lowest BCUT2D eigenvalue weighted by Gasteiger charge is -2.12. The highest BCUT2D eigenvalue weighted by Gasteiger charge is 2.21. The van der Waals surface area contributed by atoms with E-state index in [-0.39, 0.29) is 29.4 Å². The number of carbonyl (C=O) groups is 4. The second kappa shape index (κ2) is 28.0. The van der Waals surface area contributed by atoms with E-state index in [1.165, 1.54) is 126 Å². The molecule has 0 aliphatic rings. The fraction of sp³-hybridized carbons (Fsp3) is 0.451. The molecule has 0 bridgehead atoms. The Morgan fingerprint density at radius 1 is 0.393 bits per heavy atom. The maximum absolute atomic E-state index is 12.7. The zero-order chi connectivity index (χ0) is 43.5. The van der Waals surface area contributed by atoms with E-state index in [1.807, 2.05) is 0 Å². The third-order valence-corrected chi connectivity index (χ3v) is 10.1. The lowest BCUT2D eigenvalue weighted by molar-refractivity contribution is -0.144. The molecule has 328 valence electrons. The summed E-state index contributed by atoms with van der Waals surface area (Å²) in [6.07, 6.45) is 19.5. The number of esters is 4. The molecule has 0 saturated heterocycles. The molecule has 0 radical (unpaired) electrons. The number of unbranched alkanes of at least 4 members (excludes halogenated alkanes) is 14. The summed E-state index contributed by atoms with van der Waals surface area (Å²) < 4.78 is 33.5. The molecule has 10 nitrogen and oxygen atoms in total. The Kier molecular flexibility index (Phi) is 22.0. The summed E-state index contributed by atoms with van der Waals surface area (Å²) in [5.74, 6) is -0.706. The normalized spacial score (nSPS) is 11.3. The van der Waals surface area contributed by atoms with Crippen LogP contribution in [0.3, 0.4) is 0 Å². The molecule has 0 heterocycles. The third-order valence-electron chi connectivity index (χ3n) is 10.1. The lowest BCUT2D eigenvalue weighted by atomic mass is 10.1. The first kappa shape index (κ1) is 48.0. The van der Waals surface area contributed by atoms with Crippen molar-refractivity contribution in [1.82, 2.24) is 0 Å². The number of carbonyl (C=O) groups excluding carboxylic acids is 4. The monoisotopic (exact) mass is 836 g/mol. The van der Waals surface area contributed by atoms with Crippen LogP contribution < -0.4 is 28.4 Å². The minimum atomic E-state index is -0.806. The summed E-state index contributed by atoms with van der Waals surface area (Å²) in [5.41, 5.74) is 0.754. The molecule has 61 heavy (non-hydrogen) atoms. The second-order valence-corrected chi connectivity index (χ2v) is 15.4. The smallest absolute Gasteiger partial charge is 0.343 e. The van der Waals surface area contributed by atoms with Crippen LogP contribution in [0.25, 0.3) is 0 Å². The zero-order valence-corrected chi connectivity index (χ0v) is 36.3. The highest BCUT2D eigenvalue weighted by atomic mass is 16.6. The molecule has 4 aromatic carbocycles. The predicted molar refractivity (Wildman–Crippen MR) is 237 cm³/mol. The Balaban J connectivity index is 1.10. The van der Waals surface area contributed by atoms with Gasteiger partial charge in [0.05, 0.1) is 36.7 Å². The van der Waals surface area contributed by atoms with Gasteiger partial charge in [-0.05, 0) is 110 Å².